The molecule has 0 spiro atoms. The molecule has 6 nitrogen and oxygen atoms in total. The quantitative estimate of drug-likeness (QED) is 0.570. The van der Waals surface area contributed by atoms with Gasteiger partial charge in [0.25, 0.3) is 20.0 Å². The van der Waals surface area contributed by atoms with Gasteiger partial charge < -0.3 is 5.73 Å². The molecule has 0 aliphatic heterocycles. The van der Waals surface area contributed by atoms with E-state index in [4.69, 9.17) is 5.73 Å². The summed E-state index contributed by atoms with van der Waals surface area (Å²) in [5.41, 5.74) is 7.00. The second-order valence-electron chi connectivity index (χ2n) is 6.09. The minimum absolute atomic E-state index is 0. The van der Waals surface area contributed by atoms with E-state index >= 15 is 0 Å². The van der Waals surface area contributed by atoms with Crippen LogP contribution in [0.4, 0.5) is 0 Å². The average molecular weight is 440 g/mol. The maximum absolute atomic E-state index is 13.2. The molecular formula is C20H20N2NaO4S2. The molecule has 0 unspecified atom stereocenters. The van der Waals surface area contributed by atoms with Crippen LogP contribution in [-0.4, -0.2) is 50.1 Å². The third-order valence-corrected chi connectivity index (χ3v) is 8.43. The smallest absolute Gasteiger partial charge is 0.256 e. The number of nitrogens with zero attached hydrogens (tertiary/aromatic N) is 1. The predicted molar refractivity (Wildman–Crippen MR) is 113 cm³/mol. The third-order valence-electron chi connectivity index (χ3n) is 4.19. The molecule has 3 aromatic rings. The van der Waals surface area contributed by atoms with Gasteiger partial charge in [-0.2, -0.15) is 0 Å². The summed E-state index contributed by atoms with van der Waals surface area (Å²) < 4.78 is 53.4. The Morgan fingerprint density at radius 2 is 1.00 bits per heavy atom. The van der Waals surface area contributed by atoms with E-state index < -0.39 is 20.0 Å². The fourth-order valence-electron chi connectivity index (χ4n) is 2.65. The number of nitrogens with two attached hydrogens (primary N) is 1. The van der Waals surface area contributed by atoms with Crippen molar-refractivity contribution in [2.24, 2.45) is 5.73 Å². The van der Waals surface area contributed by atoms with Gasteiger partial charge in [-0.25, -0.2) is 16.8 Å². The molecule has 0 amide bonds. The van der Waals surface area contributed by atoms with Crippen LogP contribution in [0.2, 0.25) is 0 Å². The first-order valence-electron chi connectivity index (χ1n) is 8.51. The molecule has 0 saturated carbocycles. The second kappa shape index (κ2) is 9.99. The molecule has 0 heterocycles. The Labute approximate surface area is 193 Å². The van der Waals surface area contributed by atoms with Crippen molar-refractivity contribution in [2.75, 3.05) is 0 Å². The SMILES string of the molecule is NCc1ccc(CN(S(=O)(=O)c2ccccc2)S(=O)(=O)c2ccccc2)cc1.[Na]. The van der Waals surface area contributed by atoms with Gasteiger partial charge in [0.2, 0.25) is 0 Å². The van der Waals surface area contributed by atoms with Gasteiger partial charge in [-0.1, -0.05) is 64.4 Å². The third kappa shape index (κ3) is 5.35. The molecule has 3 rings (SSSR count). The number of sulfonamides is 2. The van der Waals surface area contributed by atoms with Crippen LogP contribution in [0, 0.1) is 0 Å². The maximum atomic E-state index is 13.2. The number of rotatable bonds is 7. The Kier molecular flexibility index (Phi) is 8.18. The zero-order valence-electron chi connectivity index (χ0n) is 16.0. The molecule has 0 aliphatic carbocycles. The Morgan fingerprint density at radius 3 is 1.38 bits per heavy atom. The number of benzene rings is 3. The molecule has 9 heteroatoms. The van der Waals surface area contributed by atoms with Gasteiger partial charge in [-0.15, -0.1) is 0 Å². The van der Waals surface area contributed by atoms with Crippen LogP contribution in [0.3, 0.4) is 0 Å². The summed E-state index contributed by atoms with van der Waals surface area (Å²) in [6, 6.07) is 21.9. The van der Waals surface area contributed by atoms with Crippen molar-refractivity contribution in [1.29, 1.82) is 0 Å². The first kappa shape index (κ1) is 23.8. The first-order chi connectivity index (χ1) is 13.4. The minimum atomic E-state index is -4.30. The van der Waals surface area contributed by atoms with Crippen LogP contribution >= 0.6 is 0 Å². The summed E-state index contributed by atoms with van der Waals surface area (Å²) >= 11 is 0. The Hall–Kier alpha value is -1.52. The second-order valence-corrected chi connectivity index (χ2v) is 10.0. The van der Waals surface area contributed by atoms with E-state index in [1.807, 2.05) is 0 Å². The molecular weight excluding hydrogens is 419 g/mol. The van der Waals surface area contributed by atoms with Gasteiger partial charge in [0.05, 0.1) is 16.3 Å². The predicted octanol–water partition coefficient (Wildman–Crippen LogP) is 2.34. The molecule has 3 aromatic carbocycles. The molecule has 0 saturated heterocycles. The molecule has 0 aromatic heterocycles. The zero-order valence-corrected chi connectivity index (χ0v) is 19.6. The van der Waals surface area contributed by atoms with Crippen molar-refractivity contribution < 1.29 is 16.8 Å². The Balaban J connectivity index is 0.00000300. The summed E-state index contributed by atoms with van der Waals surface area (Å²) in [6.07, 6.45) is 0. The molecule has 1 radical (unpaired) electrons. The van der Waals surface area contributed by atoms with Crippen LogP contribution in [-0.2, 0) is 33.1 Å². The fourth-order valence-corrected chi connectivity index (χ4v) is 6.31. The standard InChI is InChI=1S/C20H20N2O4S2.Na/c21-15-17-11-13-18(14-12-17)16-22(27(23,24)19-7-3-1-4-8-19)28(25,26)20-9-5-2-6-10-20;/h1-14H,15-16,21H2;. The molecule has 0 fully saturated rings. The van der Waals surface area contributed by atoms with Crippen LogP contribution in [0.15, 0.2) is 94.7 Å². The summed E-state index contributed by atoms with van der Waals surface area (Å²) in [7, 11) is -8.60. The molecule has 2 N–H and O–H groups in total. The Bertz CT molecular complexity index is 1070. The van der Waals surface area contributed by atoms with Gasteiger partial charge in [0.15, 0.2) is 0 Å². The largest absolute Gasteiger partial charge is 0.326 e. The van der Waals surface area contributed by atoms with Crippen molar-refractivity contribution in [3.8, 4) is 0 Å². The average Bonchev–Trinajstić information content (AvgIpc) is 2.73. The maximum Gasteiger partial charge on any atom is 0.256 e. The Morgan fingerprint density at radius 1 is 0.621 bits per heavy atom. The zero-order chi connectivity index (χ0) is 20.2. The summed E-state index contributed by atoms with van der Waals surface area (Å²) in [4.78, 5) is -0.179. The van der Waals surface area contributed by atoms with Crippen molar-refractivity contribution >= 4 is 49.6 Å². The summed E-state index contributed by atoms with van der Waals surface area (Å²) in [6.45, 7) is 0.0218. The van der Waals surface area contributed by atoms with Gasteiger partial charge in [-0.05, 0) is 35.4 Å². The van der Waals surface area contributed by atoms with Crippen LogP contribution in [0.25, 0.3) is 0 Å². The first-order valence-corrected chi connectivity index (χ1v) is 11.4. The topological polar surface area (TPSA) is 97.5 Å². The monoisotopic (exact) mass is 439 g/mol. The van der Waals surface area contributed by atoms with Gasteiger partial charge >= 0.3 is 0 Å². The number of hydrogen-bond donors (Lipinski definition) is 1. The molecule has 0 aliphatic rings. The number of hydrogen-bond acceptors (Lipinski definition) is 5. The van der Waals surface area contributed by atoms with Crippen molar-refractivity contribution in [2.45, 2.75) is 22.9 Å². The molecule has 0 bridgehead atoms. The molecule has 147 valence electrons. The van der Waals surface area contributed by atoms with E-state index in [0.717, 1.165) is 5.56 Å². The van der Waals surface area contributed by atoms with Gasteiger partial charge in [0, 0.05) is 36.1 Å². The van der Waals surface area contributed by atoms with Crippen LogP contribution < -0.4 is 5.73 Å². The van der Waals surface area contributed by atoms with Crippen LogP contribution in [0.5, 0.6) is 0 Å². The van der Waals surface area contributed by atoms with Gasteiger partial charge in [0.1, 0.15) is 0 Å². The van der Waals surface area contributed by atoms with Crippen molar-refractivity contribution in [1.82, 2.24) is 3.71 Å². The van der Waals surface area contributed by atoms with Gasteiger partial charge in [-0.3, -0.25) is 0 Å². The molecule has 29 heavy (non-hydrogen) atoms. The van der Waals surface area contributed by atoms with E-state index in [2.05, 4.69) is 0 Å². The minimum Gasteiger partial charge on any atom is -0.326 e. The van der Waals surface area contributed by atoms with E-state index in [-0.39, 0.29) is 45.9 Å². The van der Waals surface area contributed by atoms with Crippen molar-refractivity contribution in [3.05, 3.63) is 96.1 Å². The fraction of sp³-hybridized carbons (Fsp3) is 0.100. The van der Waals surface area contributed by atoms with E-state index in [1.165, 1.54) is 24.3 Å². The van der Waals surface area contributed by atoms with E-state index in [9.17, 15) is 16.8 Å². The van der Waals surface area contributed by atoms with E-state index in [1.54, 1.807) is 60.7 Å². The van der Waals surface area contributed by atoms with Crippen LogP contribution in [0.1, 0.15) is 11.1 Å². The summed E-state index contributed by atoms with van der Waals surface area (Å²) in [5.74, 6) is 0. The molecule has 0 atom stereocenters. The van der Waals surface area contributed by atoms with E-state index in [0.29, 0.717) is 15.8 Å². The normalized spacial score (nSPS) is 11.8. The van der Waals surface area contributed by atoms with Crippen molar-refractivity contribution in [3.63, 3.8) is 0 Å². The summed E-state index contributed by atoms with van der Waals surface area (Å²) in [5, 5.41) is 0.